The molecule has 0 radical (unpaired) electrons. The van der Waals surface area contributed by atoms with Gasteiger partial charge in [-0.05, 0) is 58.4 Å². The standard InChI is InChI=1S/C12H16BrN5/c1-3-8-14-9(2)12-15-16-17-18(12)11-7-5-4-6-10(11)13/h4-7,9,14H,3,8H2,1-2H3. The molecule has 0 aliphatic heterocycles. The smallest absolute Gasteiger partial charge is 0.173 e. The summed E-state index contributed by atoms with van der Waals surface area (Å²) in [5, 5.41) is 15.3. The Balaban J connectivity index is 2.30. The van der Waals surface area contributed by atoms with Gasteiger partial charge in [-0.3, -0.25) is 0 Å². The van der Waals surface area contributed by atoms with Crippen molar-refractivity contribution in [2.45, 2.75) is 26.3 Å². The minimum atomic E-state index is 0.118. The van der Waals surface area contributed by atoms with Gasteiger partial charge >= 0.3 is 0 Å². The number of aromatic nitrogens is 4. The van der Waals surface area contributed by atoms with Crippen molar-refractivity contribution in [3.05, 3.63) is 34.6 Å². The largest absolute Gasteiger partial charge is 0.307 e. The summed E-state index contributed by atoms with van der Waals surface area (Å²) in [6.45, 7) is 5.15. The van der Waals surface area contributed by atoms with E-state index in [0.717, 1.165) is 29.0 Å². The van der Waals surface area contributed by atoms with Crippen molar-refractivity contribution >= 4 is 15.9 Å². The number of halogens is 1. The van der Waals surface area contributed by atoms with Gasteiger partial charge in [-0.2, -0.15) is 4.68 Å². The van der Waals surface area contributed by atoms with Crippen LogP contribution in [0.5, 0.6) is 0 Å². The van der Waals surface area contributed by atoms with E-state index in [1.807, 2.05) is 24.3 Å². The predicted molar refractivity (Wildman–Crippen MR) is 73.6 cm³/mol. The van der Waals surface area contributed by atoms with Crippen molar-refractivity contribution in [3.8, 4) is 5.69 Å². The Morgan fingerprint density at radius 1 is 1.39 bits per heavy atom. The predicted octanol–water partition coefficient (Wildman–Crippen LogP) is 2.49. The van der Waals surface area contributed by atoms with Crippen molar-refractivity contribution in [2.24, 2.45) is 0 Å². The van der Waals surface area contributed by atoms with Crippen LogP contribution in [0.4, 0.5) is 0 Å². The number of para-hydroxylation sites is 1. The summed E-state index contributed by atoms with van der Waals surface area (Å²) in [6, 6.07) is 8.01. The molecule has 1 unspecified atom stereocenters. The van der Waals surface area contributed by atoms with E-state index in [4.69, 9.17) is 0 Å². The first-order valence-corrected chi connectivity index (χ1v) is 6.80. The van der Waals surface area contributed by atoms with E-state index in [-0.39, 0.29) is 6.04 Å². The van der Waals surface area contributed by atoms with E-state index in [2.05, 4.69) is 50.6 Å². The average Bonchev–Trinajstić information content (AvgIpc) is 2.85. The second-order valence-corrected chi connectivity index (χ2v) is 4.93. The molecule has 0 aliphatic rings. The number of hydrogen-bond acceptors (Lipinski definition) is 4. The molecular formula is C12H16BrN5. The van der Waals surface area contributed by atoms with E-state index in [1.165, 1.54) is 0 Å². The van der Waals surface area contributed by atoms with Crippen LogP contribution in [0.25, 0.3) is 5.69 Å². The molecule has 18 heavy (non-hydrogen) atoms. The first-order valence-electron chi connectivity index (χ1n) is 6.00. The maximum Gasteiger partial charge on any atom is 0.173 e. The summed E-state index contributed by atoms with van der Waals surface area (Å²) in [5.41, 5.74) is 0.947. The third kappa shape index (κ3) is 2.76. The fraction of sp³-hybridized carbons (Fsp3) is 0.417. The van der Waals surface area contributed by atoms with Gasteiger partial charge in [0.05, 0.1) is 11.7 Å². The highest BCUT2D eigenvalue weighted by atomic mass is 79.9. The molecule has 0 bridgehead atoms. The second kappa shape index (κ2) is 6.06. The summed E-state index contributed by atoms with van der Waals surface area (Å²) < 4.78 is 2.73. The van der Waals surface area contributed by atoms with Crippen LogP contribution in [0, 0.1) is 0 Å². The van der Waals surface area contributed by atoms with Gasteiger partial charge in [0, 0.05) is 4.47 Å². The Morgan fingerprint density at radius 3 is 2.89 bits per heavy atom. The minimum Gasteiger partial charge on any atom is -0.307 e. The Bertz CT molecular complexity index is 511. The fourth-order valence-corrected chi connectivity index (χ4v) is 2.16. The molecule has 0 saturated heterocycles. The maximum absolute atomic E-state index is 4.11. The minimum absolute atomic E-state index is 0.118. The molecular weight excluding hydrogens is 294 g/mol. The first-order chi connectivity index (χ1) is 8.74. The van der Waals surface area contributed by atoms with E-state index in [0.29, 0.717) is 0 Å². The molecule has 0 saturated carbocycles. The van der Waals surface area contributed by atoms with Gasteiger partial charge < -0.3 is 5.32 Å². The van der Waals surface area contributed by atoms with Crippen LogP contribution in [-0.4, -0.2) is 26.8 Å². The fourth-order valence-electron chi connectivity index (χ4n) is 1.71. The Kier molecular flexibility index (Phi) is 4.43. The number of benzene rings is 1. The van der Waals surface area contributed by atoms with Gasteiger partial charge in [0.25, 0.3) is 0 Å². The molecule has 0 spiro atoms. The van der Waals surface area contributed by atoms with Crippen LogP contribution < -0.4 is 5.32 Å². The van der Waals surface area contributed by atoms with Gasteiger partial charge in [-0.15, -0.1) is 5.10 Å². The summed E-state index contributed by atoms with van der Waals surface area (Å²) in [4.78, 5) is 0. The molecule has 1 N–H and O–H groups in total. The molecule has 0 aliphatic carbocycles. The molecule has 6 heteroatoms. The lowest BCUT2D eigenvalue weighted by molar-refractivity contribution is 0.531. The van der Waals surface area contributed by atoms with E-state index in [1.54, 1.807) is 4.68 Å². The molecule has 2 rings (SSSR count). The molecule has 1 aromatic carbocycles. The highest BCUT2D eigenvalue weighted by molar-refractivity contribution is 9.10. The Morgan fingerprint density at radius 2 is 2.17 bits per heavy atom. The molecule has 1 aromatic heterocycles. The highest BCUT2D eigenvalue weighted by Gasteiger charge is 2.16. The van der Waals surface area contributed by atoms with Gasteiger partial charge in [0.15, 0.2) is 5.82 Å². The molecule has 2 aromatic rings. The van der Waals surface area contributed by atoms with Crippen molar-refractivity contribution in [1.29, 1.82) is 0 Å². The summed E-state index contributed by atoms with van der Waals surface area (Å²) in [6.07, 6.45) is 1.08. The number of nitrogens with one attached hydrogen (secondary N) is 1. The van der Waals surface area contributed by atoms with Crippen LogP contribution in [0.2, 0.25) is 0 Å². The highest BCUT2D eigenvalue weighted by Crippen LogP contribution is 2.22. The summed E-state index contributed by atoms with van der Waals surface area (Å²) in [5.74, 6) is 0.815. The van der Waals surface area contributed by atoms with Crippen LogP contribution in [0.15, 0.2) is 28.7 Å². The quantitative estimate of drug-likeness (QED) is 0.922. The van der Waals surface area contributed by atoms with Gasteiger partial charge in [-0.1, -0.05) is 19.1 Å². The Labute approximate surface area is 115 Å². The average molecular weight is 310 g/mol. The third-order valence-corrected chi connectivity index (χ3v) is 3.33. The number of nitrogens with zero attached hydrogens (tertiary/aromatic N) is 4. The molecule has 0 fully saturated rings. The summed E-state index contributed by atoms with van der Waals surface area (Å²) in [7, 11) is 0. The van der Waals surface area contributed by atoms with Gasteiger partial charge in [0.2, 0.25) is 0 Å². The zero-order valence-corrected chi connectivity index (χ0v) is 12.1. The first kappa shape index (κ1) is 13.2. The molecule has 0 amide bonds. The maximum atomic E-state index is 4.11. The van der Waals surface area contributed by atoms with Crippen molar-refractivity contribution in [3.63, 3.8) is 0 Å². The molecule has 96 valence electrons. The topological polar surface area (TPSA) is 55.6 Å². The number of hydrogen-bond donors (Lipinski definition) is 1. The third-order valence-electron chi connectivity index (χ3n) is 2.66. The second-order valence-electron chi connectivity index (χ2n) is 4.08. The van der Waals surface area contributed by atoms with Crippen molar-refractivity contribution in [1.82, 2.24) is 25.5 Å². The van der Waals surface area contributed by atoms with Gasteiger partial charge in [0.1, 0.15) is 0 Å². The number of tetrazole rings is 1. The molecule has 1 atom stereocenters. The Hall–Kier alpha value is -1.27. The lowest BCUT2D eigenvalue weighted by atomic mass is 10.2. The lowest BCUT2D eigenvalue weighted by Gasteiger charge is -2.13. The van der Waals surface area contributed by atoms with Crippen LogP contribution in [0.1, 0.15) is 32.1 Å². The van der Waals surface area contributed by atoms with Crippen LogP contribution >= 0.6 is 15.9 Å². The van der Waals surface area contributed by atoms with Crippen LogP contribution in [0.3, 0.4) is 0 Å². The number of rotatable bonds is 5. The molecule has 5 nitrogen and oxygen atoms in total. The lowest BCUT2D eigenvalue weighted by Crippen LogP contribution is -2.22. The SMILES string of the molecule is CCCNC(C)c1nnnn1-c1ccccc1Br. The normalized spacial score (nSPS) is 12.6. The van der Waals surface area contributed by atoms with Crippen molar-refractivity contribution < 1.29 is 0 Å². The summed E-state index contributed by atoms with van der Waals surface area (Å²) >= 11 is 3.52. The van der Waals surface area contributed by atoms with Gasteiger partial charge in [-0.25, -0.2) is 0 Å². The zero-order chi connectivity index (χ0) is 13.0. The zero-order valence-electron chi connectivity index (χ0n) is 10.5. The van der Waals surface area contributed by atoms with Crippen LogP contribution in [-0.2, 0) is 0 Å². The van der Waals surface area contributed by atoms with E-state index >= 15 is 0 Å². The monoisotopic (exact) mass is 309 g/mol. The van der Waals surface area contributed by atoms with E-state index < -0.39 is 0 Å². The van der Waals surface area contributed by atoms with E-state index in [9.17, 15) is 0 Å². The molecule has 1 heterocycles. The van der Waals surface area contributed by atoms with Crippen molar-refractivity contribution in [2.75, 3.05) is 6.54 Å².